The highest BCUT2D eigenvalue weighted by atomic mass is 16.5. The molecule has 4 nitrogen and oxygen atoms in total. The predicted molar refractivity (Wildman–Crippen MR) is 80.6 cm³/mol. The van der Waals surface area contributed by atoms with E-state index in [1.54, 1.807) is 7.11 Å². The van der Waals surface area contributed by atoms with Crippen LogP contribution in [-0.4, -0.2) is 37.7 Å². The first-order chi connectivity index (χ1) is 9.69. The van der Waals surface area contributed by atoms with Crippen LogP contribution >= 0.6 is 0 Å². The van der Waals surface area contributed by atoms with E-state index in [0.717, 1.165) is 38.5 Å². The van der Waals surface area contributed by atoms with Gasteiger partial charge in [0.05, 0.1) is 19.4 Å². The maximum atomic E-state index is 5.68. The Balaban J connectivity index is 1.87. The molecule has 0 aromatic carbocycles. The van der Waals surface area contributed by atoms with Crippen LogP contribution in [-0.2, 0) is 17.8 Å². The van der Waals surface area contributed by atoms with E-state index in [1.807, 2.05) is 6.26 Å². The lowest BCUT2D eigenvalue weighted by atomic mass is 9.99. The van der Waals surface area contributed by atoms with Gasteiger partial charge in [0.25, 0.3) is 0 Å². The van der Waals surface area contributed by atoms with Crippen molar-refractivity contribution in [1.82, 2.24) is 10.2 Å². The van der Waals surface area contributed by atoms with Crippen molar-refractivity contribution in [2.75, 3.05) is 26.8 Å². The molecular weight excluding hydrogens is 252 g/mol. The number of methoxy groups -OCH3 is 1. The molecule has 0 saturated carbocycles. The van der Waals surface area contributed by atoms with Crippen molar-refractivity contribution in [3.63, 3.8) is 0 Å². The summed E-state index contributed by atoms with van der Waals surface area (Å²) < 4.78 is 11.0. The zero-order valence-electron chi connectivity index (χ0n) is 13.0. The van der Waals surface area contributed by atoms with Crippen molar-refractivity contribution in [1.29, 1.82) is 0 Å². The zero-order valence-corrected chi connectivity index (χ0v) is 13.0. The number of rotatable bonds is 7. The van der Waals surface area contributed by atoms with Gasteiger partial charge in [-0.05, 0) is 31.4 Å². The summed E-state index contributed by atoms with van der Waals surface area (Å²) in [5.74, 6) is 1.78. The molecule has 1 atom stereocenters. The summed E-state index contributed by atoms with van der Waals surface area (Å²) in [6, 6.07) is 2.58. The van der Waals surface area contributed by atoms with Crippen molar-refractivity contribution >= 4 is 0 Å². The van der Waals surface area contributed by atoms with Crippen LogP contribution in [0.3, 0.4) is 0 Å². The van der Waals surface area contributed by atoms with Gasteiger partial charge >= 0.3 is 0 Å². The topological polar surface area (TPSA) is 37.6 Å². The third-order valence-corrected chi connectivity index (χ3v) is 3.91. The van der Waals surface area contributed by atoms with E-state index in [0.29, 0.717) is 12.0 Å². The molecule has 1 N–H and O–H groups in total. The van der Waals surface area contributed by atoms with Gasteiger partial charge in [0.1, 0.15) is 5.76 Å². The molecule has 1 aromatic rings. The molecule has 2 heterocycles. The van der Waals surface area contributed by atoms with E-state index in [2.05, 4.69) is 30.1 Å². The lowest BCUT2D eigenvalue weighted by molar-refractivity contribution is 0.0838. The van der Waals surface area contributed by atoms with Gasteiger partial charge in [0.2, 0.25) is 0 Å². The molecule has 114 valence electrons. The second-order valence-electron chi connectivity index (χ2n) is 6.10. The number of nitrogens with one attached hydrogen (secondary N) is 1. The Morgan fingerprint density at radius 1 is 1.50 bits per heavy atom. The molecule has 0 bridgehead atoms. The number of nitrogens with zero attached hydrogens (tertiary/aromatic N) is 1. The molecular formula is C16H28N2O2. The molecule has 1 aromatic heterocycles. The largest absolute Gasteiger partial charge is 0.468 e. The van der Waals surface area contributed by atoms with Crippen molar-refractivity contribution in [3.05, 3.63) is 23.7 Å². The smallest absolute Gasteiger partial charge is 0.122 e. The Morgan fingerprint density at radius 3 is 3.10 bits per heavy atom. The Hall–Kier alpha value is -0.840. The van der Waals surface area contributed by atoms with Crippen molar-refractivity contribution < 1.29 is 9.15 Å². The van der Waals surface area contributed by atoms with Crippen LogP contribution in [0.2, 0.25) is 0 Å². The third-order valence-electron chi connectivity index (χ3n) is 3.91. The van der Waals surface area contributed by atoms with Crippen LogP contribution in [0.25, 0.3) is 0 Å². The fraction of sp³-hybridized carbons (Fsp3) is 0.750. The van der Waals surface area contributed by atoms with E-state index in [-0.39, 0.29) is 0 Å². The average Bonchev–Trinajstić information content (AvgIpc) is 2.84. The molecule has 4 heteroatoms. The summed E-state index contributed by atoms with van der Waals surface area (Å²) in [6.45, 7) is 9.29. The number of hydrogen-bond acceptors (Lipinski definition) is 4. The van der Waals surface area contributed by atoms with E-state index >= 15 is 0 Å². The van der Waals surface area contributed by atoms with Crippen LogP contribution in [0.5, 0.6) is 0 Å². The minimum atomic E-state index is 0.499. The van der Waals surface area contributed by atoms with E-state index in [9.17, 15) is 0 Å². The highest BCUT2D eigenvalue weighted by Gasteiger charge is 2.21. The Morgan fingerprint density at radius 2 is 2.35 bits per heavy atom. The standard InChI is InChI=1S/C16H28N2O2/c1-13(2)17-9-15-6-8-20-16(15)11-18-7-4-5-14(10-18)12-19-3/h6,8,13-14,17H,4-5,7,9-12H2,1-3H3. The van der Waals surface area contributed by atoms with Crippen LogP contribution in [0, 0.1) is 5.92 Å². The number of piperidine rings is 1. The number of hydrogen-bond donors (Lipinski definition) is 1. The number of ether oxygens (including phenoxy) is 1. The lowest BCUT2D eigenvalue weighted by Crippen LogP contribution is -2.36. The SMILES string of the molecule is COCC1CCCN(Cc2occc2CNC(C)C)C1. The molecule has 1 unspecified atom stereocenters. The quantitative estimate of drug-likeness (QED) is 0.833. The molecule has 0 radical (unpaired) electrons. The second-order valence-corrected chi connectivity index (χ2v) is 6.10. The maximum absolute atomic E-state index is 5.68. The molecule has 2 rings (SSSR count). The first-order valence-electron chi connectivity index (χ1n) is 7.69. The van der Waals surface area contributed by atoms with Crippen LogP contribution in [0.1, 0.15) is 38.0 Å². The van der Waals surface area contributed by atoms with Crippen LogP contribution in [0.15, 0.2) is 16.7 Å². The van der Waals surface area contributed by atoms with Crippen LogP contribution in [0.4, 0.5) is 0 Å². The molecule has 0 aliphatic carbocycles. The molecule has 0 spiro atoms. The minimum Gasteiger partial charge on any atom is -0.468 e. The summed E-state index contributed by atoms with van der Waals surface area (Å²) >= 11 is 0. The Labute approximate surface area is 122 Å². The summed E-state index contributed by atoms with van der Waals surface area (Å²) in [7, 11) is 1.79. The fourth-order valence-electron chi connectivity index (χ4n) is 2.85. The van der Waals surface area contributed by atoms with Crippen molar-refractivity contribution in [2.45, 2.75) is 45.8 Å². The molecule has 1 aliphatic rings. The predicted octanol–water partition coefficient (Wildman–Crippen LogP) is 2.64. The number of likely N-dealkylation sites (tertiary alicyclic amines) is 1. The van der Waals surface area contributed by atoms with Gasteiger partial charge in [-0.1, -0.05) is 13.8 Å². The fourth-order valence-corrected chi connectivity index (χ4v) is 2.85. The van der Waals surface area contributed by atoms with Gasteiger partial charge in [-0.3, -0.25) is 4.90 Å². The van der Waals surface area contributed by atoms with Gasteiger partial charge in [-0.2, -0.15) is 0 Å². The molecule has 20 heavy (non-hydrogen) atoms. The minimum absolute atomic E-state index is 0.499. The average molecular weight is 280 g/mol. The molecule has 1 fully saturated rings. The summed E-state index contributed by atoms with van der Waals surface area (Å²) in [6.07, 6.45) is 4.35. The highest BCUT2D eigenvalue weighted by Crippen LogP contribution is 2.20. The van der Waals surface area contributed by atoms with Gasteiger partial charge < -0.3 is 14.5 Å². The monoisotopic (exact) mass is 280 g/mol. The zero-order chi connectivity index (χ0) is 14.4. The van der Waals surface area contributed by atoms with Crippen LogP contribution < -0.4 is 5.32 Å². The normalized spacial score (nSPS) is 20.7. The molecule has 0 amide bonds. The van der Waals surface area contributed by atoms with Gasteiger partial charge in [-0.15, -0.1) is 0 Å². The van der Waals surface area contributed by atoms with Gasteiger partial charge in [0, 0.05) is 31.8 Å². The number of furan rings is 1. The van der Waals surface area contributed by atoms with E-state index < -0.39 is 0 Å². The molecule has 1 saturated heterocycles. The summed E-state index contributed by atoms with van der Waals surface area (Å²) in [4.78, 5) is 2.49. The van der Waals surface area contributed by atoms with Crippen molar-refractivity contribution in [3.8, 4) is 0 Å². The summed E-state index contributed by atoms with van der Waals surface area (Å²) in [5.41, 5.74) is 1.28. The Kier molecular flexibility index (Phi) is 6.07. The van der Waals surface area contributed by atoms with Gasteiger partial charge in [-0.25, -0.2) is 0 Å². The Bertz CT molecular complexity index is 388. The lowest BCUT2D eigenvalue weighted by Gasteiger charge is -2.31. The van der Waals surface area contributed by atoms with E-state index in [1.165, 1.54) is 18.4 Å². The van der Waals surface area contributed by atoms with E-state index in [4.69, 9.17) is 9.15 Å². The summed E-state index contributed by atoms with van der Waals surface area (Å²) in [5, 5.41) is 3.46. The highest BCUT2D eigenvalue weighted by molar-refractivity contribution is 5.17. The second kappa shape index (κ2) is 7.81. The maximum Gasteiger partial charge on any atom is 0.122 e. The third kappa shape index (κ3) is 4.62. The van der Waals surface area contributed by atoms with Gasteiger partial charge in [0.15, 0.2) is 0 Å². The molecule has 1 aliphatic heterocycles. The van der Waals surface area contributed by atoms with Crippen molar-refractivity contribution in [2.24, 2.45) is 5.92 Å². The first-order valence-corrected chi connectivity index (χ1v) is 7.69. The first kappa shape index (κ1) is 15.5.